The van der Waals surface area contributed by atoms with Crippen molar-refractivity contribution in [3.8, 4) is 0 Å². The zero-order chi connectivity index (χ0) is 16.5. The van der Waals surface area contributed by atoms with Crippen molar-refractivity contribution in [3.63, 3.8) is 0 Å². The molecule has 2 fully saturated rings. The van der Waals surface area contributed by atoms with Gasteiger partial charge in [-0.25, -0.2) is 0 Å². The van der Waals surface area contributed by atoms with E-state index in [0.29, 0.717) is 17.6 Å². The summed E-state index contributed by atoms with van der Waals surface area (Å²) in [5, 5.41) is 5.97. The molecule has 0 radical (unpaired) electrons. The van der Waals surface area contributed by atoms with Gasteiger partial charge in [0.2, 0.25) is 17.6 Å². The van der Waals surface area contributed by atoms with Gasteiger partial charge in [-0.3, -0.25) is 4.79 Å². The van der Waals surface area contributed by atoms with Gasteiger partial charge in [-0.2, -0.15) is 4.98 Å². The van der Waals surface area contributed by atoms with Crippen LogP contribution in [0.2, 0.25) is 0 Å². The van der Waals surface area contributed by atoms with Crippen LogP contribution in [0.5, 0.6) is 0 Å². The van der Waals surface area contributed by atoms with Gasteiger partial charge >= 0.3 is 0 Å². The molecule has 2 aromatic heterocycles. The summed E-state index contributed by atoms with van der Waals surface area (Å²) in [7, 11) is 0. The number of carbonyl (C=O) groups is 1. The lowest BCUT2D eigenvalue weighted by molar-refractivity contribution is -0.129. The summed E-state index contributed by atoms with van der Waals surface area (Å²) in [4.78, 5) is 19.7. The summed E-state index contributed by atoms with van der Waals surface area (Å²) in [6, 6.07) is 3.99. The second-order valence-electron chi connectivity index (χ2n) is 6.25. The van der Waals surface area contributed by atoms with Crippen molar-refractivity contribution in [1.29, 1.82) is 0 Å². The van der Waals surface area contributed by atoms with E-state index in [9.17, 15) is 4.79 Å². The van der Waals surface area contributed by atoms with Crippen LogP contribution in [0.3, 0.4) is 0 Å². The average Bonchev–Trinajstić information content (AvgIpc) is 3.31. The number of hydrogen-bond acceptors (Lipinski definition) is 6. The van der Waals surface area contributed by atoms with Crippen LogP contribution in [0.15, 0.2) is 28.1 Å². The lowest BCUT2D eigenvalue weighted by atomic mass is 9.92. The van der Waals surface area contributed by atoms with Crippen molar-refractivity contribution in [2.45, 2.75) is 32.0 Å². The molecule has 2 aliphatic heterocycles. The molecule has 126 valence electrons. The van der Waals surface area contributed by atoms with Crippen LogP contribution in [-0.2, 0) is 9.53 Å². The molecule has 6 nitrogen and oxygen atoms in total. The smallest absolute Gasteiger partial charge is 0.246 e. The molecule has 2 aromatic rings. The Balaban J connectivity index is 1.38. The van der Waals surface area contributed by atoms with Gasteiger partial charge in [0, 0.05) is 36.9 Å². The van der Waals surface area contributed by atoms with E-state index in [1.54, 1.807) is 24.3 Å². The Morgan fingerprint density at radius 2 is 2.42 bits per heavy atom. The molecule has 0 N–H and O–H groups in total. The van der Waals surface area contributed by atoms with E-state index in [-0.39, 0.29) is 18.1 Å². The molecule has 2 aliphatic rings. The molecule has 0 spiro atoms. The van der Waals surface area contributed by atoms with Crippen molar-refractivity contribution in [3.05, 3.63) is 40.2 Å². The Morgan fingerprint density at radius 3 is 3.17 bits per heavy atom. The number of aryl methyl sites for hydroxylation is 1. The maximum atomic E-state index is 12.4. The van der Waals surface area contributed by atoms with Crippen LogP contribution in [0.4, 0.5) is 0 Å². The normalized spacial score (nSPS) is 26.9. The number of hydrogen-bond donors (Lipinski definition) is 0. The van der Waals surface area contributed by atoms with Gasteiger partial charge in [0.25, 0.3) is 0 Å². The number of aromatic nitrogens is 2. The van der Waals surface area contributed by atoms with Crippen LogP contribution in [0.25, 0.3) is 6.08 Å². The first-order valence-corrected chi connectivity index (χ1v) is 9.03. The Bertz CT molecular complexity index is 740. The standard InChI is InChI=1S/C17H19N3O3S/c1-11-18-17(19-23-11)15-9-12-10-20(7-6-14(12)22-15)16(21)5-4-13-3-2-8-24-13/h2-5,8,12,14-15H,6-7,9-10H2,1H3/b5-4+/t12-,14-,15+/m1/s1. The van der Waals surface area contributed by atoms with Crippen LogP contribution >= 0.6 is 11.3 Å². The fourth-order valence-corrected chi connectivity index (χ4v) is 4.03. The van der Waals surface area contributed by atoms with Crippen molar-refractivity contribution >= 4 is 23.3 Å². The molecule has 1 amide bonds. The van der Waals surface area contributed by atoms with E-state index in [1.807, 2.05) is 28.5 Å². The molecule has 0 unspecified atom stereocenters. The number of thiophene rings is 1. The highest BCUT2D eigenvalue weighted by atomic mass is 32.1. The molecular formula is C17H19N3O3S. The number of likely N-dealkylation sites (tertiary alicyclic amines) is 1. The highest BCUT2D eigenvalue weighted by molar-refractivity contribution is 7.10. The summed E-state index contributed by atoms with van der Waals surface area (Å²) < 4.78 is 11.1. The number of amides is 1. The third-order valence-corrected chi connectivity index (χ3v) is 5.43. The van der Waals surface area contributed by atoms with Crippen molar-refractivity contribution in [2.24, 2.45) is 5.92 Å². The molecule has 7 heteroatoms. The van der Waals surface area contributed by atoms with Crippen molar-refractivity contribution < 1.29 is 14.1 Å². The molecule has 0 saturated carbocycles. The van der Waals surface area contributed by atoms with E-state index in [4.69, 9.17) is 9.26 Å². The van der Waals surface area contributed by atoms with Crippen LogP contribution in [-0.4, -0.2) is 40.1 Å². The highest BCUT2D eigenvalue weighted by Gasteiger charge is 2.41. The van der Waals surface area contributed by atoms with E-state index in [1.165, 1.54) is 0 Å². The molecule has 3 atom stereocenters. The SMILES string of the molecule is Cc1nc([C@@H]2C[C@@H]3CN(C(=O)/C=C/c4cccs4)CC[C@H]3O2)no1. The molecule has 0 bridgehead atoms. The van der Waals surface area contributed by atoms with E-state index in [0.717, 1.165) is 30.8 Å². The minimum atomic E-state index is -0.117. The van der Waals surface area contributed by atoms with Crippen LogP contribution in [0.1, 0.15) is 35.5 Å². The topological polar surface area (TPSA) is 68.5 Å². The third kappa shape index (κ3) is 3.14. The summed E-state index contributed by atoms with van der Waals surface area (Å²) in [6.45, 7) is 3.23. The van der Waals surface area contributed by atoms with Gasteiger partial charge in [-0.1, -0.05) is 11.2 Å². The Morgan fingerprint density at radius 1 is 1.50 bits per heavy atom. The Kier molecular flexibility index (Phi) is 4.20. The first kappa shape index (κ1) is 15.5. The second-order valence-corrected chi connectivity index (χ2v) is 7.23. The fraction of sp³-hybridized carbons (Fsp3) is 0.471. The first-order valence-electron chi connectivity index (χ1n) is 8.15. The molecular weight excluding hydrogens is 326 g/mol. The van der Waals surface area contributed by atoms with Gasteiger partial charge in [-0.05, 0) is 30.4 Å². The van der Waals surface area contributed by atoms with E-state index in [2.05, 4.69) is 10.1 Å². The predicted octanol–water partition coefficient (Wildman–Crippen LogP) is 2.83. The number of piperidine rings is 1. The quantitative estimate of drug-likeness (QED) is 0.800. The number of fused-ring (bicyclic) bond motifs is 1. The largest absolute Gasteiger partial charge is 0.366 e. The number of carbonyl (C=O) groups excluding carboxylic acids is 1. The summed E-state index contributed by atoms with van der Waals surface area (Å²) >= 11 is 1.63. The van der Waals surface area contributed by atoms with Crippen molar-refractivity contribution in [1.82, 2.24) is 15.0 Å². The minimum Gasteiger partial charge on any atom is -0.366 e. The second kappa shape index (κ2) is 6.49. The van der Waals surface area contributed by atoms with E-state index >= 15 is 0 Å². The number of ether oxygens (including phenoxy) is 1. The highest BCUT2D eigenvalue weighted by Crippen LogP contribution is 2.39. The van der Waals surface area contributed by atoms with Gasteiger partial charge in [-0.15, -0.1) is 11.3 Å². The van der Waals surface area contributed by atoms with E-state index < -0.39 is 0 Å². The lowest BCUT2D eigenvalue weighted by Crippen LogP contribution is -2.43. The van der Waals surface area contributed by atoms with Gasteiger partial charge in [0.05, 0.1) is 6.10 Å². The van der Waals surface area contributed by atoms with Gasteiger partial charge < -0.3 is 14.2 Å². The number of rotatable bonds is 3. The number of nitrogens with zero attached hydrogens (tertiary/aromatic N) is 3. The average molecular weight is 345 g/mol. The molecule has 4 heterocycles. The predicted molar refractivity (Wildman–Crippen MR) is 89.3 cm³/mol. The summed E-state index contributed by atoms with van der Waals surface area (Å²) in [5.41, 5.74) is 0. The van der Waals surface area contributed by atoms with Crippen LogP contribution < -0.4 is 0 Å². The maximum absolute atomic E-state index is 12.4. The third-order valence-electron chi connectivity index (χ3n) is 4.60. The molecule has 0 aliphatic carbocycles. The zero-order valence-corrected chi connectivity index (χ0v) is 14.2. The van der Waals surface area contributed by atoms with Gasteiger partial charge in [0.15, 0.2) is 0 Å². The lowest BCUT2D eigenvalue weighted by Gasteiger charge is -2.33. The minimum absolute atomic E-state index is 0.0701. The molecule has 0 aromatic carbocycles. The molecule has 4 rings (SSSR count). The summed E-state index contributed by atoms with van der Waals surface area (Å²) in [5.74, 6) is 1.58. The van der Waals surface area contributed by atoms with Crippen molar-refractivity contribution in [2.75, 3.05) is 13.1 Å². The first-order chi connectivity index (χ1) is 11.7. The molecule has 2 saturated heterocycles. The molecule has 24 heavy (non-hydrogen) atoms. The monoisotopic (exact) mass is 345 g/mol. The maximum Gasteiger partial charge on any atom is 0.246 e. The Labute approximate surface area is 144 Å². The van der Waals surface area contributed by atoms with Crippen LogP contribution in [0, 0.1) is 12.8 Å². The fourth-order valence-electron chi connectivity index (χ4n) is 3.41. The Hall–Kier alpha value is -1.99. The van der Waals surface area contributed by atoms with Gasteiger partial charge in [0.1, 0.15) is 6.10 Å². The summed E-state index contributed by atoms with van der Waals surface area (Å²) in [6.07, 6.45) is 5.31. The zero-order valence-electron chi connectivity index (χ0n) is 13.4.